The number of rotatable bonds is 4. The van der Waals surface area contributed by atoms with E-state index in [2.05, 4.69) is 4.98 Å². The van der Waals surface area contributed by atoms with Crippen LogP contribution in [-0.4, -0.2) is 54.7 Å². The van der Waals surface area contributed by atoms with Crippen LogP contribution >= 0.6 is 11.3 Å². The van der Waals surface area contributed by atoms with E-state index >= 15 is 0 Å². The number of hydrogen-bond acceptors (Lipinski definition) is 5. The van der Waals surface area contributed by atoms with E-state index < -0.39 is 15.8 Å². The van der Waals surface area contributed by atoms with E-state index in [1.54, 1.807) is 4.90 Å². The Kier molecular flexibility index (Phi) is 5.64. The molecule has 0 aliphatic carbocycles. The molecule has 6 nitrogen and oxygen atoms in total. The second-order valence-electron chi connectivity index (χ2n) is 6.75. The van der Waals surface area contributed by atoms with Gasteiger partial charge in [0.15, 0.2) is 0 Å². The van der Waals surface area contributed by atoms with Crippen LogP contribution in [0.15, 0.2) is 29.2 Å². The first-order valence-electron chi connectivity index (χ1n) is 8.73. The number of aryl methyl sites for hydroxylation is 1. The summed E-state index contributed by atoms with van der Waals surface area (Å²) in [6, 6.07) is 5.34. The zero-order valence-electron chi connectivity index (χ0n) is 15.5. The van der Waals surface area contributed by atoms with Crippen LogP contribution in [0.1, 0.15) is 40.1 Å². The highest BCUT2D eigenvalue weighted by Gasteiger charge is 2.33. The summed E-state index contributed by atoms with van der Waals surface area (Å²) in [5.41, 5.74) is 0.704. The van der Waals surface area contributed by atoms with Crippen LogP contribution in [-0.2, 0) is 10.0 Å². The molecule has 1 aliphatic rings. The molecule has 1 aromatic heterocycles. The van der Waals surface area contributed by atoms with Gasteiger partial charge in [-0.1, -0.05) is 26.0 Å². The van der Waals surface area contributed by atoms with E-state index in [1.165, 1.54) is 33.8 Å². The maximum absolute atomic E-state index is 13.9. The Labute approximate surface area is 162 Å². The lowest BCUT2D eigenvalue weighted by Crippen LogP contribution is -2.50. The lowest BCUT2D eigenvalue weighted by molar-refractivity contribution is 0.0701. The first kappa shape index (κ1) is 19.9. The van der Waals surface area contributed by atoms with Crippen molar-refractivity contribution < 1.29 is 17.6 Å². The standard InChI is InChI=1S/C18H22FN3O3S2/c1-12(2)17-20-13(3)16(26-17)18(23)21-8-10-22(11-9-21)27(24,25)15-7-5-4-6-14(15)19/h4-7,12H,8-11H2,1-3H3. The predicted molar refractivity (Wildman–Crippen MR) is 102 cm³/mol. The van der Waals surface area contributed by atoms with Crippen molar-refractivity contribution in [3.05, 3.63) is 45.7 Å². The number of piperazine rings is 1. The van der Waals surface area contributed by atoms with E-state index in [9.17, 15) is 17.6 Å². The largest absolute Gasteiger partial charge is 0.335 e. The van der Waals surface area contributed by atoms with Crippen molar-refractivity contribution in [3.63, 3.8) is 0 Å². The Balaban J connectivity index is 1.72. The van der Waals surface area contributed by atoms with E-state index in [0.29, 0.717) is 10.6 Å². The van der Waals surface area contributed by atoms with Gasteiger partial charge >= 0.3 is 0 Å². The summed E-state index contributed by atoms with van der Waals surface area (Å²) >= 11 is 1.39. The Morgan fingerprint density at radius 3 is 2.37 bits per heavy atom. The van der Waals surface area contributed by atoms with Gasteiger partial charge in [0.05, 0.1) is 10.7 Å². The molecule has 0 spiro atoms. The molecule has 1 fully saturated rings. The lowest BCUT2D eigenvalue weighted by atomic mass is 10.2. The third-order valence-corrected chi connectivity index (χ3v) is 7.86. The summed E-state index contributed by atoms with van der Waals surface area (Å²) in [4.78, 5) is 19.2. The van der Waals surface area contributed by atoms with Gasteiger partial charge in [-0.2, -0.15) is 4.31 Å². The summed E-state index contributed by atoms with van der Waals surface area (Å²) in [5, 5.41) is 0.914. The Morgan fingerprint density at radius 2 is 1.81 bits per heavy atom. The fourth-order valence-corrected chi connectivity index (χ4v) is 5.46. The average Bonchev–Trinajstić information content (AvgIpc) is 3.03. The van der Waals surface area contributed by atoms with Crippen molar-refractivity contribution >= 4 is 27.3 Å². The van der Waals surface area contributed by atoms with Crippen molar-refractivity contribution in [3.8, 4) is 0 Å². The molecule has 1 aliphatic heterocycles. The molecule has 3 rings (SSSR count). The van der Waals surface area contributed by atoms with E-state index in [-0.39, 0.29) is 42.9 Å². The Morgan fingerprint density at radius 1 is 1.19 bits per heavy atom. The van der Waals surface area contributed by atoms with Crippen molar-refractivity contribution in [2.75, 3.05) is 26.2 Å². The van der Waals surface area contributed by atoms with Gasteiger partial charge in [0.2, 0.25) is 10.0 Å². The first-order valence-corrected chi connectivity index (χ1v) is 11.0. The number of carbonyl (C=O) groups excluding carboxylic acids is 1. The number of benzene rings is 1. The van der Waals surface area contributed by atoms with Crippen LogP contribution in [0.5, 0.6) is 0 Å². The fourth-order valence-electron chi connectivity index (χ4n) is 2.93. The number of hydrogen-bond donors (Lipinski definition) is 0. The van der Waals surface area contributed by atoms with Gasteiger partial charge in [-0.15, -0.1) is 11.3 Å². The molecular weight excluding hydrogens is 389 g/mol. The SMILES string of the molecule is Cc1nc(C(C)C)sc1C(=O)N1CCN(S(=O)(=O)c2ccccc2F)CC1. The van der Waals surface area contributed by atoms with Crippen LogP contribution < -0.4 is 0 Å². The second-order valence-corrected chi connectivity index (χ2v) is 9.69. The van der Waals surface area contributed by atoms with Gasteiger partial charge in [-0.25, -0.2) is 17.8 Å². The van der Waals surface area contributed by atoms with Crippen LogP contribution in [0.4, 0.5) is 4.39 Å². The summed E-state index contributed by atoms with van der Waals surface area (Å²) in [6.07, 6.45) is 0. The molecule has 0 atom stereocenters. The monoisotopic (exact) mass is 411 g/mol. The summed E-state index contributed by atoms with van der Waals surface area (Å²) in [6.45, 7) is 6.67. The predicted octanol–water partition coefficient (Wildman–Crippen LogP) is 2.86. The molecule has 1 aromatic carbocycles. The number of sulfonamides is 1. The van der Waals surface area contributed by atoms with Gasteiger partial charge in [0, 0.05) is 32.1 Å². The van der Waals surface area contributed by atoms with Crippen molar-refractivity contribution in [1.29, 1.82) is 0 Å². The Hall–Kier alpha value is -1.84. The summed E-state index contributed by atoms with van der Waals surface area (Å²) < 4.78 is 40.5. The molecule has 9 heteroatoms. The van der Waals surface area contributed by atoms with Crippen LogP contribution in [0.25, 0.3) is 0 Å². The topological polar surface area (TPSA) is 70.6 Å². The van der Waals surface area contributed by atoms with Crippen molar-refractivity contribution in [1.82, 2.24) is 14.2 Å². The quantitative estimate of drug-likeness (QED) is 0.776. The van der Waals surface area contributed by atoms with Gasteiger partial charge in [0.25, 0.3) is 5.91 Å². The minimum absolute atomic E-state index is 0.125. The van der Waals surface area contributed by atoms with Crippen LogP contribution in [0, 0.1) is 12.7 Å². The third kappa shape index (κ3) is 3.90. The lowest BCUT2D eigenvalue weighted by Gasteiger charge is -2.33. The highest BCUT2D eigenvalue weighted by atomic mass is 32.2. The molecule has 0 N–H and O–H groups in total. The third-order valence-electron chi connectivity index (χ3n) is 4.48. The number of aromatic nitrogens is 1. The maximum Gasteiger partial charge on any atom is 0.265 e. The maximum atomic E-state index is 13.9. The number of halogens is 1. The summed E-state index contributed by atoms with van der Waals surface area (Å²) in [5.74, 6) is -0.643. The fraction of sp³-hybridized carbons (Fsp3) is 0.444. The molecule has 146 valence electrons. The molecule has 0 bridgehead atoms. The molecule has 1 saturated heterocycles. The van der Waals surface area contributed by atoms with E-state index in [4.69, 9.17) is 0 Å². The number of amides is 1. The zero-order chi connectivity index (χ0) is 19.8. The van der Waals surface area contributed by atoms with Crippen LogP contribution in [0.3, 0.4) is 0 Å². The molecule has 2 aromatic rings. The van der Waals surface area contributed by atoms with Crippen molar-refractivity contribution in [2.45, 2.75) is 31.6 Å². The summed E-state index contributed by atoms with van der Waals surface area (Å²) in [7, 11) is -3.91. The van der Waals surface area contributed by atoms with Crippen LogP contribution in [0.2, 0.25) is 0 Å². The Bertz CT molecular complexity index is 949. The highest BCUT2D eigenvalue weighted by Crippen LogP contribution is 2.27. The molecule has 0 saturated carbocycles. The smallest absolute Gasteiger partial charge is 0.265 e. The number of nitrogens with zero attached hydrogens (tertiary/aromatic N) is 3. The molecule has 0 radical (unpaired) electrons. The van der Waals surface area contributed by atoms with Gasteiger partial charge in [0.1, 0.15) is 15.6 Å². The minimum atomic E-state index is -3.91. The number of carbonyl (C=O) groups is 1. The first-order chi connectivity index (χ1) is 12.7. The average molecular weight is 412 g/mol. The van der Waals surface area contributed by atoms with Gasteiger partial charge < -0.3 is 4.90 Å². The van der Waals surface area contributed by atoms with Crippen molar-refractivity contribution in [2.24, 2.45) is 0 Å². The molecule has 2 heterocycles. The molecule has 0 unspecified atom stereocenters. The minimum Gasteiger partial charge on any atom is -0.335 e. The second kappa shape index (κ2) is 7.65. The normalized spacial score (nSPS) is 16.1. The van der Waals surface area contributed by atoms with Gasteiger partial charge in [-0.3, -0.25) is 4.79 Å². The number of thiazole rings is 1. The zero-order valence-corrected chi connectivity index (χ0v) is 17.1. The van der Waals surface area contributed by atoms with Gasteiger partial charge in [-0.05, 0) is 19.1 Å². The van der Waals surface area contributed by atoms with E-state index in [0.717, 1.165) is 11.1 Å². The molecule has 1 amide bonds. The highest BCUT2D eigenvalue weighted by molar-refractivity contribution is 7.89. The molecular formula is C18H22FN3O3S2. The van der Waals surface area contributed by atoms with E-state index in [1.807, 2.05) is 20.8 Å². The molecule has 27 heavy (non-hydrogen) atoms.